The summed E-state index contributed by atoms with van der Waals surface area (Å²) in [6.07, 6.45) is 2.28. The topological polar surface area (TPSA) is 61.2 Å². The Morgan fingerprint density at radius 2 is 1.95 bits per heavy atom. The SMILES string of the molecule is CCN(CC1CC1)S(=O)(=O)Cc1ccc(C#N)cc1. The molecule has 102 valence electrons. The lowest BCUT2D eigenvalue weighted by Gasteiger charge is -2.20. The van der Waals surface area contributed by atoms with E-state index in [2.05, 4.69) is 0 Å². The van der Waals surface area contributed by atoms with Gasteiger partial charge in [0.15, 0.2) is 0 Å². The molecule has 0 unspecified atom stereocenters. The standard InChI is InChI=1S/C14H18N2O2S/c1-2-16(10-13-5-6-13)19(17,18)11-14-7-3-12(9-15)4-8-14/h3-4,7-8,13H,2,5-6,10-11H2,1H3. The van der Waals surface area contributed by atoms with Gasteiger partial charge in [-0.2, -0.15) is 5.26 Å². The fourth-order valence-electron chi connectivity index (χ4n) is 2.01. The van der Waals surface area contributed by atoms with Crippen LogP contribution >= 0.6 is 0 Å². The lowest BCUT2D eigenvalue weighted by Crippen LogP contribution is -2.33. The van der Waals surface area contributed by atoms with Gasteiger partial charge in [-0.05, 0) is 36.5 Å². The lowest BCUT2D eigenvalue weighted by molar-refractivity contribution is 0.411. The Bertz CT molecular complexity index is 568. The minimum atomic E-state index is -3.25. The van der Waals surface area contributed by atoms with Gasteiger partial charge in [0.25, 0.3) is 0 Å². The van der Waals surface area contributed by atoms with E-state index in [9.17, 15) is 8.42 Å². The summed E-state index contributed by atoms with van der Waals surface area (Å²) in [4.78, 5) is 0. The third kappa shape index (κ3) is 3.79. The molecule has 0 radical (unpaired) electrons. The van der Waals surface area contributed by atoms with E-state index in [4.69, 9.17) is 5.26 Å². The number of nitrogens with zero attached hydrogens (tertiary/aromatic N) is 2. The minimum absolute atomic E-state index is 0.0132. The van der Waals surface area contributed by atoms with Crippen molar-refractivity contribution >= 4 is 10.0 Å². The lowest BCUT2D eigenvalue weighted by atomic mass is 10.2. The molecule has 19 heavy (non-hydrogen) atoms. The molecule has 5 heteroatoms. The second-order valence-corrected chi connectivity index (χ2v) is 6.93. The first-order valence-corrected chi connectivity index (χ1v) is 8.13. The molecule has 1 aromatic rings. The first kappa shape index (κ1) is 14.0. The first-order chi connectivity index (χ1) is 9.05. The molecule has 0 amide bonds. The van der Waals surface area contributed by atoms with Crippen LogP contribution in [0.2, 0.25) is 0 Å². The molecular weight excluding hydrogens is 260 g/mol. The second-order valence-electron chi connectivity index (χ2n) is 4.96. The van der Waals surface area contributed by atoms with Gasteiger partial charge in [0, 0.05) is 13.1 Å². The highest BCUT2D eigenvalue weighted by Crippen LogP contribution is 2.30. The smallest absolute Gasteiger partial charge is 0.212 e. The molecule has 4 nitrogen and oxygen atoms in total. The number of benzene rings is 1. The zero-order chi connectivity index (χ0) is 13.9. The van der Waals surface area contributed by atoms with Gasteiger partial charge in [0.1, 0.15) is 0 Å². The number of nitriles is 1. The van der Waals surface area contributed by atoms with Crippen LogP contribution in [0.3, 0.4) is 0 Å². The van der Waals surface area contributed by atoms with Gasteiger partial charge in [-0.15, -0.1) is 0 Å². The predicted molar refractivity (Wildman–Crippen MR) is 73.8 cm³/mol. The van der Waals surface area contributed by atoms with Crippen molar-refractivity contribution in [2.45, 2.75) is 25.5 Å². The molecule has 0 N–H and O–H groups in total. The second kappa shape index (κ2) is 5.72. The summed E-state index contributed by atoms with van der Waals surface area (Å²) in [6.45, 7) is 3.04. The Labute approximate surface area is 114 Å². The maximum atomic E-state index is 12.3. The van der Waals surface area contributed by atoms with Crippen molar-refractivity contribution in [1.29, 1.82) is 5.26 Å². The van der Waals surface area contributed by atoms with Crippen molar-refractivity contribution in [1.82, 2.24) is 4.31 Å². The molecule has 0 spiro atoms. The van der Waals surface area contributed by atoms with E-state index in [1.807, 2.05) is 13.0 Å². The average Bonchev–Trinajstić information content (AvgIpc) is 3.20. The number of hydrogen-bond acceptors (Lipinski definition) is 3. The maximum absolute atomic E-state index is 12.3. The van der Waals surface area contributed by atoms with Crippen molar-refractivity contribution in [3.63, 3.8) is 0 Å². The van der Waals surface area contributed by atoms with Crippen molar-refractivity contribution in [2.75, 3.05) is 13.1 Å². The Hall–Kier alpha value is -1.38. The van der Waals surface area contributed by atoms with Gasteiger partial charge in [-0.1, -0.05) is 19.1 Å². The molecule has 0 aliphatic heterocycles. The van der Waals surface area contributed by atoms with Crippen molar-refractivity contribution in [3.8, 4) is 6.07 Å². The van der Waals surface area contributed by atoms with Crippen LogP contribution in [0.1, 0.15) is 30.9 Å². The van der Waals surface area contributed by atoms with Gasteiger partial charge in [0.05, 0.1) is 17.4 Å². The summed E-state index contributed by atoms with van der Waals surface area (Å²) >= 11 is 0. The van der Waals surface area contributed by atoms with E-state index in [1.54, 1.807) is 28.6 Å². The molecular formula is C14H18N2O2S. The minimum Gasteiger partial charge on any atom is -0.212 e. The predicted octanol–water partition coefficient (Wildman–Crippen LogP) is 2.12. The normalized spacial score (nSPS) is 15.4. The van der Waals surface area contributed by atoms with E-state index >= 15 is 0 Å². The molecule has 0 bridgehead atoms. The molecule has 0 aromatic heterocycles. The van der Waals surface area contributed by atoms with Crippen LogP contribution in [0.25, 0.3) is 0 Å². The summed E-state index contributed by atoms with van der Waals surface area (Å²) in [7, 11) is -3.25. The van der Waals surface area contributed by atoms with Crippen LogP contribution in [-0.4, -0.2) is 25.8 Å². The van der Waals surface area contributed by atoms with Gasteiger partial charge < -0.3 is 0 Å². The molecule has 1 aliphatic rings. The monoisotopic (exact) mass is 278 g/mol. The van der Waals surface area contributed by atoms with Crippen LogP contribution < -0.4 is 0 Å². The van der Waals surface area contributed by atoms with Gasteiger partial charge in [-0.3, -0.25) is 0 Å². The maximum Gasteiger partial charge on any atom is 0.218 e. The van der Waals surface area contributed by atoms with E-state index in [1.165, 1.54) is 0 Å². The van der Waals surface area contributed by atoms with Crippen LogP contribution in [0, 0.1) is 17.2 Å². The van der Waals surface area contributed by atoms with Crippen LogP contribution in [-0.2, 0) is 15.8 Å². The number of rotatable bonds is 6. The summed E-state index contributed by atoms with van der Waals surface area (Å²) < 4.78 is 26.2. The highest BCUT2D eigenvalue weighted by molar-refractivity contribution is 7.88. The summed E-state index contributed by atoms with van der Waals surface area (Å²) in [5.74, 6) is 0.565. The zero-order valence-corrected chi connectivity index (χ0v) is 11.9. The summed E-state index contributed by atoms with van der Waals surface area (Å²) in [5.41, 5.74) is 1.28. The van der Waals surface area contributed by atoms with Gasteiger partial charge in [-0.25, -0.2) is 12.7 Å². The molecule has 0 heterocycles. The highest BCUT2D eigenvalue weighted by atomic mass is 32.2. The fraction of sp³-hybridized carbons (Fsp3) is 0.500. The van der Waals surface area contributed by atoms with Gasteiger partial charge >= 0.3 is 0 Å². The first-order valence-electron chi connectivity index (χ1n) is 6.52. The van der Waals surface area contributed by atoms with Crippen molar-refractivity contribution < 1.29 is 8.42 Å². The summed E-state index contributed by atoms with van der Waals surface area (Å²) in [6, 6.07) is 8.75. The molecule has 1 saturated carbocycles. The quantitative estimate of drug-likeness (QED) is 0.800. The van der Waals surface area contributed by atoms with E-state index in [0.29, 0.717) is 24.6 Å². The van der Waals surface area contributed by atoms with Crippen LogP contribution in [0.5, 0.6) is 0 Å². The van der Waals surface area contributed by atoms with Crippen LogP contribution in [0.4, 0.5) is 0 Å². The Morgan fingerprint density at radius 3 is 2.42 bits per heavy atom. The van der Waals surface area contributed by atoms with E-state index < -0.39 is 10.0 Å². The third-order valence-corrected chi connectivity index (χ3v) is 5.23. The Morgan fingerprint density at radius 1 is 1.32 bits per heavy atom. The molecule has 1 fully saturated rings. The van der Waals surface area contributed by atoms with Crippen molar-refractivity contribution in [3.05, 3.63) is 35.4 Å². The van der Waals surface area contributed by atoms with Gasteiger partial charge in [0.2, 0.25) is 10.0 Å². The average molecular weight is 278 g/mol. The highest BCUT2D eigenvalue weighted by Gasteiger charge is 2.29. The third-order valence-electron chi connectivity index (χ3n) is 3.34. The van der Waals surface area contributed by atoms with Crippen LogP contribution in [0.15, 0.2) is 24.3 Å². The number of sulfonamides is 1. The number of hydrogen-bond donors (Lipinski definition) is 0. The van der Waals surface area contributed by atoms with E-state index in [0.717, 1.165) is 18.4 Å². The Kier molecular flexibility index (Phi) is 4.23. The molecule has 1 aliphatic carbocycles. The molecule has 0 saturated heterocycles. The summed E-state index contributed by atoms with van der Waals surface area (Å²) in [5, 5.41) is 8.72. The van der Waals surface area contributed by atoms with E-state index in [-0.39, 0.29) is 5.75 Å². The molecule has 1 aromatic carbocycles. The Balaban J connectivity index is 2.07. The fourth-order valence-corrected chi connectivity index (χ4v) is 3.63. The molecule has 0 atom stereocenters. The molecule has 2 rings (SSSR count). The largest absolute Gasteiger partial charge is 0.218 e. The zero-order valence-electron chi connectivity index (χ0n) is 11.0. The van der Waals surface area contributed by atoms with Crippen molar-refractivity contribution in [2.24, 2.45) is 5.92 Å².